The molecule has 5 nitrogen and oxygen atoms in total. The molecule has 2 aromatic rings. The monoisotopic (exact) mass is 422 g/mol. The number of rotatable bonds is 5. The van der Waals surface area contributed by atoms with Crippen LogP contribution < -0.4 is 14.8 Å². The Labute approximate surface area is 171 Å². The van der Waals surface area contributed by atoms with Crippen LogP contribution in [0.15, 0.2) is 46.3 Å². The van der Waals surface area contributed by atoms with Gasteiger partial charge in [-0.1, -0.05) is 23.2 Å². The smallest absolute Gasteiger partial charge is 0.264 e. The number of nitrogens with one attached hydrogen (secondary N) is 1. The topological polar surface area (TPSA) is 59.9 Å². The SMILES string of the molecule is CCOc1c(Cl)cc(C=C2SC(=Nc3ccc(Cl)cc3)NC2=O)cc1OC. The van der Waals surface area contributed by atoms with Crippen molar-refractivity contribution < 1.29 is 14.3 Å². The van der Waals surface area contributed by atoms with Gasteiger partial charge in [-0.15, -0.1) is 0 Å². The Morgan fingerprint density at radius 3 is 2.63 bits per heavy atom. The van der Waals surface area contributed by atoms with Crippen LogP contribution in [0.4, 0.5) is 5.69 Å². The number of hydrogen-bond acceptors (Lipinski definition) is 5. The van der Waals surface area contributed by atoms with Crippen molar-refractivity contribution in [2.75, 3.05) is 13.7 Å². The minimum Gasteiger partial charge on any atom is -0.493 e. The Balaban J connectivity index is 1.86. The minimum absolute atomic E-state index is 0.225. The maximum absolute atomic E-state index is 12.3. The molecule has 3 rings (SSSR count). The van der Waals surface area contributed by atoms with E-state index in [1.807, 2.05) is 6.92 Å². The lowest BCUT2D eigenvalue weighted by Gasteiger charge is -2.12. The Morgan fingerprint density at radius 2 is 1.96 bits per heavy atom. The van der Waals surface area contributed by atoms with Crippen LogP contribution in [0, 0.1) is 0 Å². The third kappa shape index (κ3) is 4.77. The molecular weight excluding hydrogens is 407 g/mol. The second-order valence-corrected chi connectivity index (χ2v) is 7.30. The maximum Gasteiger partial charge on any atom is 0.264 e. The molecule has 0 atom stereocenters. The molecule has 1 N–H and O–H groups in total. The van der Waals surface area contributed by atoms with Gasteiger partial charge in [0.25, 0.3) is 5.91 Å². The molecule has 0 aromatic heterocycles. The molecule has 140 valence electrons. The molecule has 0 saturated carbocycles. The summed E-state index contributed by atoms with van der Waals surface area (Å²) >= 11 is 13.4. The summed E-state index contributed by atoms with van der Waals surface area (Å²) in [6.07, 6.45) is 1.73. The van der Waals surface area contributed by atoms with Gasteiger partial charge in [0.2, 0.25) is 0 Å². The lowest BCUT2D eigenvalue weighted by atomic mass is 10.2. The van der Waals surface area contributed by atoms with Crippen LogP contribution in [0.3, 0.4) is 0 Å². The minimum atomic E-state index is -0.225. The molecule has 0 radical (unpaired) electrons. The number of benzene rings is 2. The van der Waals surface area contributed by atoms with Gasteiger partial charge in [-0.25, -0.2) is 4.99 Å². The number of halogens is 2. The van der Waals surface area contributed by atoms with Crippen LogP contribution in [0.5, 0.6) is 11.5 Å². The van der Waals surface area contributed by atoms with E-state index in [0.717, 1.165) is 5.56 Å². The number of amides is 1. The summed E-state index contributed by atoms with van der Waals surface area (Å²) in [5, 5.41) is 4.29. The second kappa shape index (κ2) is 8.69. The van der Waals surface area contributed by atoms with Gasteiger partial charge >= 0.3 is 0 Å². The van der Waals surface area contributed by atoms with Gasteiger partial charge in [0, 0.05) is 5.02 Å². The van der Waals surface area contributed by atoms with E-state index in [9.17, 15) is 4.79 Å². The van der Waals surface area contributed by atoms with E-state index in [4.69, 9.17) is 32.7 Å². The highest BCUT2D eigenvalue weighted by molar-refractivity contribution is 8.18. The van der Waals surface area contributed by atoms with E-state index >= 15 is 0 Å². The third-order valence-electron chi connectivity index (χ3n) is 3.55. The van der Waals surface area contributed by atoms with Crippen LogP contribution >= 0.6 is 35.0 Å². The van der Waals surface area contributed by atoms with Crippen molar-refractivity contribution in [2.24, 2.45) is 4.99 Å². The van der Waals surface area contributed by atoms with Crippen LogP contribution in [0.25, 0.3) is 6.08 Å². The summed E-state index contributed by atoms with van der Waals surface area (Å²) in [6.45, 7) is 2.34. The van der Waals surface area contributed by atoms with Gasteiger partial charge in [0.05, 0.1) is 29.3 Å². The van der Waals surface area contributed by atoms with Gasteiger partial charge in [-0.2, -0.15) is 0 Å². The van der Waals surface area contributed by atoms with Crippen molar-refractivity contribution in [3.63, 3.8) is 0 Å². The fourth-order valence-corrected chi connectivity index (χ4v) is 3.61. The van der Waals surface area contributed by atoms with Crippen LogP contribution in [-0.2, 0) is 4.79 Å². The first-order valence-electron chi connectivity index (χ1n) is 8.05. The summed E-state index contributed by atoms with van der Waals surface area (Å²) in [4.78, 5) is 17.2. The normalized spacial score (nSPS) is 16.7. The Morgan fingerprint density at radius 1 is 1.22 bits per heavy atom. The third-order valence-corrected chi connectivity index (χ3v) is 4.99. The van der Waals surface area contributed by atoms with Gasteiger partial charge in [-0.3, -0.25) is 4.79 Å². The molecule has 1 aliphatic heterocycles. The lowest BCUT2D eigenvalue weighted by Crippen LogP contribution is -2.19. The Kier molecular flexibility index (Phi) is 6.31. The highest BCUT2D eigenvalue weighted by atomic mass is 35.5. The second-order valence-electron chi connectivity index (χ2n) is 5.43. The average Bonchev–Trinajstić information content (AvgIpc) is 2.98. The van der Waals surface area contributed by atoms with Crippen molar-refractivity contribution in [3.8, 4) is 11.5 Å². The van der Waals surface area contributed by atoms with E-state index in [1.54, 1.807) is 49.6 Å². The molecule has 0 bridgehead atoms. The largest absolute Gasteiger partial charge is 0.493 e. The molecule has 0 unspecified atom stereocenters. The fraction of sp³-hybridized carbons (Fsp3) is 0.158. The number of nitrogens with zero attached hydrogens (tertiary/aromatic N) is 1. The molecule has 1 aliphatic rings. The molecule has 1 fully saturated rings. The summed E-state index contributed by atoms with van der Waals surface area (Å²) in [5.41, 5.74) is 1.43. The Hall–Kier alpha value is -2.15. The number of methoxy groups -OCH3 is 1. The van der Waals surface area contributed by atoms with Crippen LogP contribution in [0.2, 0.25) is 10.0 Å². The number of carbonyl (C=O) groups is 1. The standard InChI is InChI=1S/C19H16Cl2N2O3S/c1-3-26-17-14(21)8-11(9-15(17)25-2)10-16-18(24)23-19(27-16)22-13-6-4-12(20)5-7-13/h4-10H,3H2,1-2H3,(H,22,23,24). The predicted molar refractivity (Wildman–Crippen MR) is 111 cm³/mol. The van der Waals surface area contributed by atoms with Gasteiger partial charge in [-0.05, 0) is 66.7 Å². The van der Waals surface area contributed by atoms with E-state index in [-0.39, 0.29) is 5.91 Å². The highest BCUT2D eigenvalue weighted by Crippen LogP contribution is 2.38. The van der Waals surface area contributed by atoms with Crippen molar-refractivity contribution in [2.45, 2.75) is 6.92 Å². The molecule has 8 heteroatoms. The summed E-state index contributed by atoms with van der Waals surface area (Å²) in [7, 11) is 1.54. The van der Waals surface area contributed by atoms with Gasteiger partial charge in [0.15, 0.2) is 16.7 Å². The fourth-order valence-electron chi connectivity index (χ4n) is 2.37. The zero-order chi connectivity index (χ0) is 19.4. The zero-order valence-electron chi connectivity index (χ0n) is 14.6. The highest BCUT2D eigenvalue weighted by Gasteiger charge is 2.24. The van der Waals surface area contributed by atoms with Gasteiger partial charge in [0.1, 0.15) is 0 Å². The molecule has 0 aliphatic carbocycles. The van der Waals surface area contributed by atoms with Crippen molar-refractivity contribution in [1.82, 2.24) is 5.32 Å². The number of thioether (sulfide) groups is 1. The maximum atomic E-state index is 12.3. The zero-order valence-corrected chi connectivity index (χ0v) is 16.9. The molecule has 1 heterocycles. The first kappa shape index (κ1) is 19.6. The molecule has 1 amide bonds. The quantitative estimate of drug-likeness (QED) is 0.664. The summed E-state index contributed by atoms with van der Waals surface area (Å²) in [6, 6.07) is 10.5. The first-order valence-corrected chi connectivity index (χ1v) is 9.63. The number of ether oxygens (including phenoxy) is 2. The van der Waals surface area contributed by atoms with E-state index in [0.29, 0.717) is 43.9 Å². The number of hydrogen-bond donors (Lipinski definition) is 1. The van der Waals surface area contributed by atoms with Crippen LogP contribution in [0.1, 0.15) is 12.5 Å². The van der Waals surface area contributed by atoms with E-state index in [1.165, 1.54) is 11.8 Å². The van der Waals surface area contributed by atoms with Crippen molar-refractivity contribution >= 4 is 57.8 Å². The van der Waals surface area contributed by atoms with E-state index in [2.05, 4.69) is 10.3 Å². The van der Waals surface area contributed by atoms with Gasteiger partial charge < -0.3 is 14.8 Å². The number of aliphatic imine (C=N–C) groups is 1. The predicted octanol–water partition coefficient (Wildman–Crippen LogP) is 5.29. The summed E-state index contributed by atoms with van der Waals surface area (Å²) < 4.78 is 10.8. The van der Waals surface area contributed by atoms with Crippen LogP contribution in [-0.4, -0.2) is 24.8 Å². The van der Waals surface area contributed by atoms with E-state index < -0.39 is 0 Å². The van der Waals surface area contributed by atoms with Crippen molar-refractivity contribution in [1.29, 1.82) is 0 Å². The number of carbonyl (C=O) groups excluding carboxylic acids is 1. The van der Waals surface area contributed by atoms with Crippen molar-refractivity contribution in [3.05, 3.63) is 56.9 Å². The molecular formula is C19H16Cl2N2O3S. The molecule has 2 aromatic carbocycles. The molecule has 1 saturated heterocycles. The Bertz CT molecular complexity index is 927. The average molecular weight is 423 g/mol. The first-order chi connectivity index (χ1) is 13.0. The lowest BCUT2D eigenvalue weighted by molar-refractivity contribution is -0.115. The summed E-state index contributed by atoms with van der Waals surface area (Å²) in [5.74, 6) is 0.767. The molecule has 0 spiro atoms. The number of amidine groups is 1. The molecule has 27 heavy (non-hydrogen) atoms.